The summed E-state index contributed by atoms with van der Waals surface area (Å²) >= 11 is 1.35. The lowest BCUT2D eigenvalue weighted by Crippen LogP contribution is -2.38. The van der Waals surface area contributed by atoms with E-state index >= 15 is 0 Å². The SMILES string of the molecule is CS(=O)(=O)N(CCNC(=O)c1cccs1)c1ccccc1. The molecule has 1 aromatic carbocycles. The summed E-state index contributed by atoms with van der Waals surface area (Å²) in [5, 5.41) is 4.54. The lowest BCUT2D eigenvalue weighted by atomic mass is 10.3. The normalized spacial score (nSPS) is 11.1. The van der Waals surface area contributed by atoms with Crippen LogP contribution in [-0.2, 0) is 10.0 Å². The molecule has 0 atom stereocenters. The van der Waals surface area contributed by atoms with Crippen molar-refractivity contribution < 1.29 is 13.2 Å². The van der Waals surface area contributed by atoms with E-state index in [-0.39, 0.29) is 19.0 Å². The first-order chi connectivity index (χ1) is 9.98. The molecule has 1 heterocycles. The van der Waals surface area contributed by atoms with Crippen molar-refractivity contribution in [3.05, 3.63) is 52.7 Å². The molecule has 1 aromatic heterocycles. The molecule has 0 radical (unpaired) electrons. The van der Waals surface area contributed by atoms with Crippen LogP contribution in [0.5, 0.6) is 0 Å². The van der Waals surface area contributed by atoms with Crippen LogP contribution in [0.1, 0.15) is 9.67 Å². The monoisotopic (exact) mass is 324 g/mol. The van der Waals surface area contributed by atoms with Gasteiger partial charge in [0.1, 0.15) is 0 Å². The maximum absolute atomic E-state index is 11.9. The second kappa shape index (κ2) is 6.73. The van der Waals surface area contributed by atoms with Gasteiger partial charge in [0.2, 0.25) is 10.0 Å². The lowest BCUT2D eigenvalue weighted by molar-refractivity contribution is 0.0959. The summed E-state index contributed by atoms with van der Waals surface area (Å²) in [6.07, 6.45) is 1.15. The molecular weight excluding hydrogens is 308 g/mol. The number of rotatable bonds is 6. The summed E-state index contributed by atoms with van der Waals surface area (Å²) in [7, 11) is -3.39. The fraction of sp³-hybridized carbons (Fsp3) is 0.214. The number of nitrogens with zero attached hydrogens (tertiary/aromatic N) is 1. The van der Waals surface area contributed by atoms with Crippen molar-refractivity contribution in [3.63, 3.8) is 0 Å². The van der Waals surface area contributed by atoms with Crippen LogP contribution in [0, 0.1) is 0 Å². The zero-order chi connectivity index (χ0) is 15.3. The summed E-state index contributed by atoms with van der Waals surface area (Å²) in [6.45, 7) is 0.443. The van der Waals surface area contributed by atoms with Gasteiger partial charge in [0, 0.05) is 6.54 Å². The van der Waals surface area contributed by atoms with E-state index in [0.29, 0.717) is 10.6 Å². The molecule has 0 aliphatic carbocycles. The Labute approximate surface area is 128 Å². The van der Waals surface area contributed by atoms with Crippen LogP contribution in [0.4, 0.5) is 5.69 Å². The van der Waals surface area contributed by atoms with Crippen molar-refractivity contribution in [3.8, 4) is 0 Å². The number of hydrogen-bond acceptors (Lipinski definition) is 4. The number of anilines is 1. The van der Waals surface area contributed by atoms with Crippen LogP contribution in [0.25, 0.3) is 0 Å². The van der Waals surface area contributed by atoms with Gasteiger partial charge in [0.15, 0.2) is 0 Å². The van der Waals surface area contributed by atoms with E-state index in [1.807, 2.05) is 11.4 Å². The average molecular weight is 324 g/mol. The first kappa shape index (κ1) is 15.5. The Bertz CT molecular complexity index is 682. The number of nitrogens with one attached hydrogen (secondary N) is 1. The van der Waals surface area contributed by atoms with Crippen molar-refractivity contribution in [1.82, 2.24) is 5.32 Å². The largest absolute Gasteiger partial charge is 0.350 e. The summed E-state index contributed by atoms with van der Waals surface area (Å²) in [4.78, 5) is 12.4. The minimum absolute atomic E-state index is 0.188. The van der Waals surface area contributed by atoms with Crippen LogP contribution < -0.4 is 9.62 Å². The minimum Gasteiger partial charge on any atom is -0.350 e. The molecule has 1 N–H and O–H groups in total. The predicted molar refractivity (Wildman–Crippen MR) is 85.3 cm³/mol. The standard InChI is InChI=1S/C14H16N2O3S2/c1-21(18,19)16(12-6-3-2-4-7-12)10-9-15-14(17)13-8-5-11-20-13/h2-8,11H,9-10H2,1H3,(H,15,17). The molecule has 21 heavy (non-hydrogen) atoms. The fourth-order valence-corrected chi connectivity index (χ4v) is 3.41. The van der Waals surface area contributed by atoms with E-state index in [2.05, 4.69) is 5.32 Å². The molecule has 112 valence electrons. The van der Waals surface area contributed by atoms with Gasteiger partial charge in [-0.15, -0.1) is 11.3 Å². The topological polar surface area (TPSA) is 66.5 Å². The molecule has 0 unspecified atom stereocenters. The van der Waals surface area contributed by atoms with Crippen LogP contribution in [0.15, 0.2) is 47.8 Å². The number of carbonyl (C=O) groups excluding carboxylic acids is 1. The van der Waals surface area contributed by atoms with Crippen molar-refractivity contribution in [1.29, 1.82) is 0 Å². The van der Waals surface area contributed by atoms with Gasteiger partial charge in [0.25, 0.3) is 5.91 Å². The molecule has 0 spiro atoms. The van der Waals surface area contributed by atoms with Crippen LogP contribution in [-0.4, -0.2) is 33.7 Å². The number of carbonyl (C=O) groups is 1. The Balaban J connectivity index is 2.00. The molecule has 0 fully saturated rings. The van der Waals surface area contributed by atoms with Gasteiger partial charge in [-0.25, -0.2) is 8.42 Å². The van der Waals surface area contributed by atoms with Crippen molar-refractivity contribution in [2.75, 3.05) is 23.7 Å². The highest BCUT2D eigenvalue weighted by molar-refractivity contribution is 7.92. The van der Waals surface area contributed by atoms with E-state index in [4.69, 9.17) is 0 Å². The Morgan fingerprint density at radius 3 is 2.48 bits per heavy atom. The van der Waals surface area contributed by atoms with E-state index in [1.165, 1.54) is 15.6 Å². The highest BCUT2D eigenvalue weighted by atomic mass is 32.2. The van der Waals surface area contributed by atoms with Crippen LogP contribution in [0.3, 0.4) is 0 Å². The van der Waals surface area contributed by atoms with Crippen molar-refractivity contribution in [2.45, 2.75) is 0 Å². The van der Waals surface area contributed by atoms with E-state index in [9.17, 15) is 13.2 Å². The summed E-state index contributed by atoms with van der Waals surface area (Å²) in [5.74, 6) is -0.188. The number of hydrogen-bond donors (Lipinski definition) is 1. The van der Waals surface area contributed by atoms with E-state index in [1.54, 1.807) is 36.4 Å². The van der Waals surface area contributed by atoms with Crippen LogP contribution >= 0.6 is 11.3 Å². The zero-order valence-electron chi connectivity index (χ0n) is 11.5. The quantitative estimate of drug-likeness (QED) is 0.883. The van der Waals surface area contributed by atoms with Gasteiger partial charge in [0.05, 0.1) is 23.4 Å². The Kier molecular flexibility index (Phi) is 4.98. The molecule has 1 amide bonds. The molecule has 5 nitrogen and oxygen atoms in total. The fourth-order valence-electron chi connectivity index (χ4n) is 1.85. The van der Waals surface area contributed by atoms with Gasteiger partial charge < -0.3 is 5.32 Å². The average Bonchev–Trinajstić information content (AvgIpc) is 2.97. The molecule has 2 aromatic rings. The Hall–Kier alpha value is -1.86. The van der Waals surface area contributed by atoms with Gasteiger partial charge in [-0.2, -0.15) is 0 Å². The minimum atomic E-state index is -3.39. The van der Waals surface area contributed by atoms with Gasteiger partial charge in [-0.05, 0) is 23.6 Å². The molecule has 0 saturated carbocycles. The molecule has 0 aliphatic rings. The van der Waals surface area contributed by atoms with Crippen molar-refractivity contribution in [2.24, 2.45) is 0 Å². The molecule has 2 rings (SSSR count). The number of amides is 1. The van der Waals surface area contributed by atoms with Gasteiger partial charge >= 0.3 is 0 Å². The van der Waals surface area contributed by atoms with Gasteiger partial charge in [-0.1, -0.05) is 24.3 Å². The number of sulfonamides is 1. The smallest absolute Gasteiger partial charge is 0.261 e. The second-order valence-electron chi connectivity index (χ2n) is 4.40. The molecular formula is C14H16N2O3S2. The number of thiophene rings is 1. The number of para-hydroxylation sites is 1. The zero-order valence-corrected chi connectivity index (χ0v) is 13.2. The first-order valence-electron chi connectivity index (χ1n) is 6.33. The maximum atomic E-state index is 11.9. The lowest BCUT2D eigenvalue weighted by Gasteiger charge is -2.22. The summed E-state index contributed by atoms with van der Waals surface area (Å²) in [6, 6.07) is 12.3. The van der Waals surface area contributed by atoms with Crippen LogP contribution in [0.2, 0.25) is 0 Å². The maximum Gasteiger partial charge on any atom is 0.261 e. The third kappa shape index (κ3) is 4.30. The Morgan fingerprint density at radius 2 is 1.90 bits per heavy atom. The molecule has 0 saturated heterocycles. The highest BCUT2D eigenvalue weighted by Crippen LogP contribution is 2.16. The van der Waals surface area contributed by atoms with E-state index in [0.717, 1.165) is 6.26 Å². The Morgan fingerprint density at radius 1 is 1.19 bits per heavy atom. The van der Waals surface area contributed by atoms with Crippen molar-refractivity contribution >= 4 is 33.0 Å². The summed E-state index contributed by atoms with van der Waals surface area (Å²) < 4.78 is 25.0. The molecule has 0 bridgehead atoms. The highest BCUT2D eigenvalue weighted by Gasteiger charge is 2.17. The summed E-state index contributed by atoms with van der Waals surface area (Å²) in [5.41, 5.74) is 0.588. The number of benzene rings is 1. The van der Waals surface area contributed by atoms with E-state index < -0.39 is 10.0 Å². The molecule has 0 aliphatic heterocycles. The molecule has 7 heteroatoms. The predicted octanol–water partition coefficient (Wildman–Crippen LogP) is 1.94. The third-order valence-corrected chi connectivity index (χ3v) is 4.85. The second-order valence-corrected chi connectivity index (χ2v) is 7.26. The first-order valence-corrected chi connectivity index (χ1v) is 9.06. The van der Waals surface area contributed by atoms with Gasteiger partial charge in [-0.3, -0.25) is 9.10 Å². The third-order valence-electron chi connectivity index (χ3n) is 2.79.